The van der Waals surface area contributed by atoms with E-state index in [0.29, 0.717) is 5.57 Å². The van der Waals surface area contributed by atoms with Crippen LogP contribution in [-0.2, 0) is 10.0 Å². The summed E-state index contributed by atoms with van der Waals surface area (Å²) in [5.41, 5.74) is 2.17. The molecule has 0 aromatic heterocycles. The Balaban J connectivity index is 1.96. The van der Waals surface area contributed by atoms with Crippen LogP contribution in [0, 0.1) is 22.0 Å². The first-order valence-electron chi connectivity index (χ1n) is 8.11. The van der Waals surface area contributed by atoms with Crippen molar-refractivity contribution in [1.29, 1.82) is 0 Å². The Morgan fingerprint density at radius 3 is 2.80 bits per heavy atom. The molecule has 4 atom stereocenters. The van der Waals surface area contributed by atoms with Crippen molar-refractivity contribution < 1.29 is 13.3 Å². The predicted molar refractivity (Wildman–Crippen MR) is 95.2 cm³/mol. The first-order chi connectivity index (χ1) is 11.7. The zero-order valence-corrected chi connectivity index (χ0v) is 14.7. The molecule has 3 N–H and O–H groups in total. The van der Waals surface area contributed by atoms with E-state index in [1.54, 1.807) is 13.0 Å². The molecule has 8 heteroatoms. The minimum atomic E-state index is -3.65. The van der Waals surface area contributed by atoms with E-state index < -0.39 is 20.2 Å². The van der Waals surface area contributed by atoms with Crippen molar-refractivity contribution in [2.75, 3.05) is 0 Å². The fourth-order valence-electron chi connectivity index (χ4n) is 3.91. The molecule has 0 aromatic rings. The summed E-state index contributed by atoms with van der Waals surface area (Å²) in [6.45, 7) is 5.58. The quantitative estimate of drug-likeness (QED) is 0.342. The van der Waals surface area contributed by atoms with Gasteiger partial charge in [0.2, 0.25) is 10.0 Å². The van der Waals surface area contributed by atoms with Gasteiger partial charge >= 0.3 is 0 Å². The number of sulfonamides is 1. The highest BCUT2D eigenvalue weighted by molar-refractivity contribution is 7.89. The highest BCUT2D eigenvalue weighted by atomic mass is 32.2. The summed E-state index contributed by atoms with van der Waals surface area (Å²) < 4.78 is 23.4. The van der Waals surface area contributed by atoms with Gasteiger partial charge in [-0.15, -0.1) is 0 Å². The molecule has 0 bridgehead atoms. The molecule has 25 heavy (non-hydrogen) atoms. The second-order valence-electron chi connectivity index (χ2n) is 6.53. The number of rotatable bonds is 4. The number of nitrogens with one attached hydrogen (secondary N) is 1. The zero-order chi connectivity index (χ0) is 18.4. The number of nitrogens with zero attached hydrogens (tertiary/aromatic N) is 1. The van der Waals surface area contributed by atoms with Gasteiger partial charge in [0.25, 0.3) is 5.70 Å². The molecule has 0 amide bonds. The Bertz CT molecular complexity index is 851. The normalized spacial score (nSPS) is 31.4. The molecule has 0 radical (unpaired) electrons. The molecule has 134 valence electrons. The number of hydrogen-bond donors (Lipinski definition) is 2. The summed E-state index contributed by atoms with van der Waals surface area (Å²) in [7, 11) is -3.65. The number of fused-ring (bicyclic) bond motifs is 3. The molecule has 0 aromatic carbocycles. The molecule has 0 spiro atoms. The van der Waals surface area contributed by atoms with E-state index in [2.05, 4.69) is 11.9 Å². The highest BCUT2D eigenvalue weighted by Gasteiger charge is 2.43. The summed E-state index contributed by atoms with van der Waals surface area (Å²) >= 11 is 0. The smallest absolute Gasteiger partial charge is 0.269 e. The maximum Gasteiger partial charge on any atom is 0.269 e. The van der Waals surface area contributed by atoms with Gasteiger partial charge in [-0.3, -0.25) is 10.1 Å². The van der Waals surface area contributed by atoms with Crippen molar-refractivity contribution in [1.82, 2.24) is 5.32 Å². The van der Waals surface area contributed by atoms with Gasteiger partial charge < -0.3 is 5.32 Å². The zero-order valence-electron chi connectivity index (χ0n) is 13.9. The number of hydrogen-bond acceptors (Lipinski definition) is 5. The third-order valence-electron chi connectivity index (χ3n) is 5.14. The van der Waals surface area contributed by atoms with Crippen molar-refractivity contribution >= 4 is 10.0 Å². The number of piperidine rings is 1. The van der Waals surface area contributed by atoms with Gasteiger partial charge in [0.05, 0.1) is 16.2 Å². The summed E-state index contributed by atoms with van der Waals surface area (Å²) in [4.78, 5) is 10.9. The predicted octanol–water partition coefficient (Wildman–Crippen LogP) is 1.76. The van der Waals surface area contributed by atoms with E-state index in [1.807, 2.05) is 18.2 Å². The van der Waals surface area contributed by atoms with Crippen LogP contribution < -0.4 is 10.5 Å². The van der Waals surface area contributed by atoms with Crippen LogP contribution in [0.1, 0.15) is 19.8 Å². The lowest BCUT2D eigenvalue weighted by Gasteiger charge is -2.41. The Morgan fingerprint density at radius 1 is 1.48 bits per heavy atom. The minimum absolute atomic E-state index is 0.00339. The lowest BCUT2D eigenvalue weighted by atomic mass is 9.74. The molecular weight excluding hydrogens is 342 g/mol. The van der Waals surface area contributed by atoms with E-state index in [9.17, 15) is 18.5 Å². The van der Waals surface area contributed by atoms with Crippen molar-refractivity contribution in [2.24, 2.45) is 17.0 Å². The highest BCUT2D eigenvalue weighted by Crippen LogP contribution is 2.44. The Hall–Kier alpha value is -2.19. The molecule has 1 aliphatic heterocycles. The molecule has 3 rings (SSSR count). The number of allylic oxidation sites excluding steroid dienone is 5. The fraction of sp³-hybridized carbons (Fsp3) is 0.412. The molecule has 7 nitrogen and oxygen atoms in total. The van der Waals surface area contributed by atoms with Gasteiger partial charge in [-0.1, -0.05) is 30.9 Å². The Labute approximate surface area is 146 Å². The minimum Gasteiger partial charge on any atom is -0.378 e. The van der Waals surface area contributed by atoms with Crippen LogP contribution in [0.5, 0.6) is 0 Å². The second-order valence-corrected chi connectivity index (χ2v) is 8.32. The van der Waals surface area contributed by atoms with Crippen LogP contribution in [0.4, 0.5) is 0 Å². The van der Waals surface area contributed by atoms with Gasteiger partial charge in [0.1, 0.15) is 0 Å². The number of nitrogens with two attached hydrogens (primary N) is 1. The SMILES string of the molecule is C=C(/C(=C\C)[N+](=O)[O-])C1NC2=CCC(S(N)(=O)=O)C=C2C2C=CCC21. The van der Waals surface area contributed by atoms with Gasteiger partial charge in [-0.05, 0) is 37.3 Å². The molecule has 4 unspecified atom stereocenters. The molecule has 0 saturated carbocycles. The third kappa shape index (κ3) is 3.07. The summed E-state index contributed by atoms with van der Waals surface area (Å²) in [5, 5.41) is 19.2. The van der Waals surface area contributed by atoms with Crippen LogP contribution in [0.2, 0.25) is 0 Å². The first kappa shape index (κ1) is 17.6. The molecule has 1 heterocycles. The number of nitro groups is 1. The third-order valence-corrected chi connectivity index (χ3v) is 6.31. The van der Waals surface area contributed by atoms with Crippen LogP contribution >= 0.6 is 0 Å². The molecule has 2 aliphatic carbocycles. The fourth-order valence-corrected chi connectivity index (χ4v) is 4.61. The van der Waals surface area contributed by atoms with Crippen LogP contribution in [0.25, 0.3) is 0 Å². The van der Waals surface area contributed by atoms with E-state index in [-0.39, 0.29) is 30.0 Å². The number of primary sulfonamides is 1. The summed E-state index contributed by atoms with van der Waals surface area (Å²) in [6, 6.07) is -0.272. The second kappa shape index (κ2) is 6.27. The average Bonchev–Trinajstić information content (AvgIpc) is 3.02. The van der Waals surface area contributed by atoms with Gasteiger partial charge in [-0.2, -0.15) is 0 Å². The van der Waals surface area contributed by atoms with Crippen LogP contribution in [0.15, 0.2) is 59.5 Å². The van der Waals surface area contributed by atoms with E-state index >= 15 is 0 Å². The summed E-state index contributed by atoms with van der Waals surface area (Å²) in [5.74, 6) is 0.0636. The Morgan fingerprint density at radius 2 is 2.20 bits per heavy atom. The monoisotopic (exact) mass is 363 g/mol. The van der Waals surface area contributed by atoms with Gasteiger partial charge in [-0.25, -0.2) is 13.6 Å². The topological polar surface area (TPSA) is 115 Å². The lowest BCUT2D eigenvalue weighted by molar-refractivity contribution is -0.421. The van der Waals surface area contributed by atoms with Crippen molar-refractivity contribution in [3.8, 4) is 0 Å². The van der Waals surface area contributed by atoms with E-state index in [0.717, 1.165) is 17.7 Å². The van der Waals surface area contributed by atoms with E-state index in [1.165, 1.54) is 6.08 Å². The van der Waals surface area contributed by atoms with Crippen LogP contribution in [0.3, 0.4) is 0 Å². The van der Waals surface area contributed by atoms with E-state index in [4.69, 9.17) is 5.14 Å². The van der Waals surface area contributed by atoms with Gasteiger partial charge in [0, 0.05) is 17.2 Å². The Kier molecular flexibility index (Phi) is 4.42. The lowest BCUT2D eigenvalue weighted by Crippen LogP contribution is -2.47. The molecule has 1 saturated heterocycles. The standard InChI is InChI=1S/C17H21N3O4S/c1-3-16(20(21)22)10(2)17-13-6-4-5-12(13)14-9-11(25(18,23)24)7-8-15(14)19-17/h3-5,8-9,11-13,17,19H,2,6-7H2,1H3,(H2,18,23,24)/b16-3+. The first-order valence-corrected chi connectivity index (χ1v) is 9.72. The average molecular weight is 363 g/mol. The van der Waals surface area contributed by atoms with Crippen molar-refractivity contribution in [3.63, 3.8) is 0 Å². The molecule has 1 fully saturated rings. The maximum atomic E-state index is 11.7. The van der Waals surface area contributed by atoms with Crippen molar-refractivity contribution in [2.45, 2.75) is 31.1 Å². The van der Waals surface area contributed by atoms with Gasteiger partial charge in [0.15, 0.2) is 0 Å². The largest absolute Gasteiger partial charge is 0.378 e. The molecular formula is C17H21N3O4S. The summed E-state index contributed by atoms with van der Waals surface area (Å²) in [6.07, 6.45) is 10.1. The molecule has 3 aliphatic rings. The maximum absolute atomic E-state index is 11.7. The van der Waals surface area contributed by atoms with Crippen LogP contribution in [-0.4, -0.2) is 24.6 Å². The van der Waals surface area contributed by atoms with Crippen molar-refractivity contribution in [3.05, 3.63) is 69.6 Å².